The van der Waals surface area contributed by atoms with Gasteiger partial charge in [0.2, 0.25) is 0 Å². The smallest absolute Gasteiger partial charge is 0.0622 e. The van der Waals surface area contributed by atoms with E-state index < -0.39 is 14.5 Å². The van der Waals surface area contributed by atoms with Crippen LogP contribution in [0.2, 0.25) is 0 Å². The predicted molar refractivity (Wildman–Crippen MR) is 117 cm³/mol. The van der Waals surface area contributed by atoms with Gasteiger partial charge in [-0.3, -0.25) is 0 Å². The van der Waals surface area contributed by atoms with Crippen LogP contribution in [0.5, 0.6) is 0 Å². The summed E-state index contributed by atoms with van der Waals surface area (Å²) in [6.07, 6.45) is 8.30. The van der Waals surface area contributed by atoms with Crippen molar-refractivity contribution in [2.24, 2.45) is 0 Å². The molecule has 2 aromatic rings. The molecule has 0 spiro atoms. The second kappa shape index (κ2) is 9.12. The van der Waals surface area contributed by atoms with Crippen molar-refractivity contribution in [3.05, 3.63) is 71.8 Å². The minimum Gasteiger partial charge on any atom is -0.0622 e. The fourth-order valence-corrected chi connectivity index (χ4v) is 8.27. The van der Waals surface area contributed by atoms with Gasteiger partial charge < -0.3 is 0 Å². The van der Waals surface area contributed by atoms with Crippen molar-refractivity contribution in [3.8, 4) is 0 Å². The minimum atomic E-state index is -0.801. The highest BCUT2D eigenvalue weighted by Crippen LogP contribution is 2.57. The largest absolute Gasteiger partial charge is 0.0837 e. The number of hydrogen-bond donors (Lipinski definition) is 0. The number of hydrogen-bond acceptors (Lipinski definition) is 0. The molecule has 0 radical (unpaired) electrons. The summed E-state index contributed by atoms with van der Waals surface area (Å²) in [5.74, 6) is 0. The van der Waals surface area contributed by atoms with Crippen molar-refractivity contribution in [3.63, 3.8) is 0 Å². The Morgan fingerprint density at radius 1 is 0.542 bits per heavy atom. The maximum Gasteiger partial charge on any atom is 0.0837 e. The van der Waals surface area contributed by atoms with Crippen molar-refractivity contribution in [1.29, 1.82) is 0 Å². The van der Waals surface area contributed by atoms with Gasteiger partial charge >= 0.3 is 0 Å². The first-order valence-electron chi connectivity index (χ1n) is 9.08. The van der Waals surface area contributed by atoms with Crippen LogP contribution in [0.1, 0.15) is 24.0 Å². The Kier molecular flexibility index (Phi) is 7.46. The maximum absolute atomic E-state index is 2.53. The third kappa shape index (κ3) is 7.46. The van der Waals surface area contributed by atoms with Crippen LogP contribution in [0.4, 0.5) is 0 Å². The fourth-order valence-electron chi connectivity index (χ4n) is 3.39. The van der Waals surface area contributed by atoms with Crippen molar-refractivity contribution >= 4 is 14.5 Å². The topological polar surface area (TPSA) is 0 Å². The van der Waals surface area contributed by atoms with Gasteiger partial charge in [0.1, 0.15) is 0 Å². The van der Waals surface area contributed by atoms with E-state index in [1.165, 1.54) is 48.6 Å². The molecule has 0 aliphatic carbocycles. The van der Waals surface area contributed by atoms with Crippen molar-refractivity contribution < 1.29 is 0 Å². The van der Waals surface area contributed by atoms with Gasteiger partial charge in [-0.2, -0.15) is 0 Å². The quantitative estimate of drug-likeness (QED) is 0.344. The van der Waals surface area contributed by atoms with Gasteiger partial charge in [0.05, 0.1) is 24.6 Å². The van der Waals surface area contributed by atoms with E-state index in [-0.39, 0.29) is 0 Å². The van der Waals surface area contributed by atoms with Crippen molar-refractivity contribution in [2.75, 3.05) is 39.0 Å². The Hall–Kier alpha value is -0.700. The van der Waals surface area contributed by atoms with E-state index in [1.54, 1.807) is 0 Å². The van der Waals surface area contributed by atoms with E-state index in [9.17, 15) is 0 Å². The summed E-state index contributed by atoms with van der Waals surface area (Å²) in [6, 6.07) is 22.1. The molecule has 0 nitrogen and oxygen atoms in total. The third-order valence-corrected chi connectivity index (χ3v) is 10.2. The van der Waals surface area contributed by atoms with Gasteiger partial charge in [0, 0.05) is 41.2 Å². The van der Waals surface area contributed by atoms with E-state index >= 15 is 0 Å². The molecule has 0 amide bonds. The van der Waals surface area contributed by atoms with E-state index in [2.05, 4.69) is 87.3 Å². The molecular formula is C22H34P2+2. The summed E-state index contributed by atoms with van der Waals surface area (Å²) < 4.78 is 0. The number of unbranched alkanes of at least 4 members (excludes halogenated alkanes) is 1. The Morgan fingerprint density at radius 2 is 0.875 bits per heavy atom. The predicted octanol–water partition coefficient (Wildman–Crippen LogP) is 6.72. The summed E-state index contributed by atoms with van der Waals surface area (Å²) in [7, 11) is -1.60. The molecule has 2 aromatic carbocycles. The maximum atomic E-state index is 2.53. The second-order valence-corrected chi connectivity index (χ2v) is 17.6. The highest BCUT2D eigenvalue weighted by Gasteiger charge is 2.28. The van der Waals surface area contributed by atoms with E-state index in [1.807, 2.05) is 0 Å². The standard InChI is InChI=1S/C22H34P2/c1-23(2,19-21-13-7-5-8-14-21)17-11-12-18-24(3,4)20-22-15-9-6-10-16-22/h5-10,13-16H,11-12,17-20H2,1-4H3/q+2. The van der Waals surface area contributed by atoms with Gasteiger partial charge in [-0.15, -0.1) is 0 Å². The molecule has 2 rings (SSSR count). The summed E-state index contributed by atoms with van der Waals surface area (Å²) >= 11 is 0. The van der Waals surface area contributed by atoms with Crippen LogP contribution in [0.15, 0.2) is 60.7 Å². The summed E-state index contributed by atoms with van der Waals surface area (Å²) in [5, 5.41) is 0. The average molecular weight is 360 g/mol. The van der Waals surface area contributed by atoms with Crippen LogP contribution in [0.3, 0.4) is 0 Å². The molecule has 0 bridgehead atoms. The molecule has 24 heavy (non-hydrogen) atoms. The third-order valence-electron chi connectivity index (χ3n) is 4.68. The monoisotopic (exact) mass is 360 g/mol. The van der Waals surface area contributed by atoms with Gasteiger partial charge in [-0.25, -0.2) is 0 Å². The zero-order valence-electron chi connectivity index (χ0n) is 15.9. The molecular weight excluding hydrogens is 326 g/mol. The lowest BCUT2D eigenvalue weighted by atomic mass is 10.2. The summed E-state index contributed by atoms with van der Waals surface area (Å²) in [5.41, 5.74) is 3.04. The van der Waals surface area contributed by atoms with Crippen LogP contribution >= 0.6 is 14.5 Å². The number of benzene rings is 2. The highest BCUT2D eigenvalue weighted by molar-refractivity contribution is 7.74. The van der Waals surface area contributed by atoms with Gasteiger partial charge in [0.25, 0.3) is 0 Å². The van der Waals surface area contributed by atoms with Gasteiger partial charge in [0.15, 0.2) is 0 Å². The SMILES string of the molecule is C[P+](C)(CCCC[P+](C)(C)Cc1ccccc1)Cc1ccccc1. The lowest BCUT2D eigenvalue weighted by Gasteiger charge is -2.21. The second-order valence-electron chi connectivity index (χ2n) is 8.31. The van der Waals surface area contributed by atoms with Gasteiger partial charge in [-0.05, 0) is 24.0 Å². The molecule has 130 valence electrons. The Morgan fingerprint density at radius 3 is 1.21 bits per heavy atom. The minimum absolute atomic E-state index is 0.801. The van der Waals surface area contributed by atoms with Crippen LogP contribution in [-0.4, -0.2) is 39.0 Å². The van der Waals surface area contributed by atoms with Gasteiger partial charge in [-0.1, -0.05) is 60.7 Å². The average Bonchev–Trinajstić information content (AvgIpc) is 2.53. The van der Waals surface area contributed by atoms with E-state index in [0.29, 0.717) is 0 Å². The molecule has 0 heterocycles. The first-order valence-corrected chi connectivity index (χ1v) is 15.2. The zero-order chi connectivity index (χ0) is 17.5. The van der Waals surface area contributed by atoms with Crippen LogP contribution in [-0.2, 0) is 12.3 Å². The van der Waals surface area contributed by atoms with Crippen molar-refractivity contribution in [2.45, 2.75) is 25.2 Å². The summed E-state index contributed by atoms with van der Waals surface area (Å²) in [4.78, 5) is 0. The molecule has 0 fully saturated rings. The molecule has 0 saturated heterocycles. The lowest BCUT2D eigenvalue weighted by Crippen LogP contribution is -2.03. The molecule has 0 aromatic heterocycles. The Bertz CT molecular complexity index is 532. The Labute approximate surface area is 150 Å². The first kappa shape index (κ1) is 19.6. The first-order chi connectivity index (χ1) is 11.4. The van der Waals surface area contributed by atoms with E-state index in [0.717, 1.165) is 0 Å². The molecule has 2 heteroatoms. The molecule has 0 aliphatic rings. The lowest BCUT2D eigenvalue weighted by molar-refractivity contribution is 0.887. The summed E-state index contributed by atoms with van der Waals surface area (Å²) in [6.45, 7) is 10.1. The molecule has 0 N–H and O–H groups in total. The molecule has 0 unspecified atom stereocenters. The van der Waals surface area contributed by atoms with E-state index in [4.69, 9.17) is 0 Å². The highest BCUT2D eigenvalue weighted by atomic mass is 31.2. The van der Waals surface area contributed by atoms with Crippen LogP contribution in [0, 0.1) is 0 Å². The van der Waals surface area contributed by atoms with Crippen molar-refractivity contribution in [1.82, 2.24) is 0 Å². The Balaban J connectivity index is 1.73. The molecule has 0 atom stereocenters. The normalized spacial score (nSPS) is 12.3. The van der Waals surface area contributed by atoms with Crippen LogP contribution in [0.25, 0.3) is 0 Å². The molecule has 0 aliphatic heterocycles. The molecule has 0 saturated carbocycles. The zero-order valence-corrected chi connectivity index (χ0v) is 17.7. The number of rotatable bonds is 9. The fraction of sp³-hybridized carbons (Fsp3) is 0.455. The van der Waals surface area contributed by atoms with Crippen LogP contribution < -0.4 is 0 Å².